The molecule has 1 atom stereocenters. The van der Waals surface area contributed by atoms with Crippen LogP contribution in [0.5, 0.6) is 0 Å². The highest BCUT2D eigenvalue weighted by molar-refractivity contribution is 5.68. The number of alkyl halides is 2. The summed E-state index contributed by atoms with van der Waals surface area (Å²) in [5.74, 6) is -4.10. The lowest BCUT2D eigenvalue weighted by Crippen LogP contribution is -2.49. The van der Waals surface area contributed by atoms with Crippen molar-refractivity contribution in [1.82, 2.24) is 9.88 Å². The highest BCUT2D eigenvalue weighted by atomic mass is 19.3. The fraction of sp³-hybridized carbons (Fsp3) is 0.600. The molecule has 1 aliphatic rings. The van der Waals surface area contributed by atoms with Crippen LogP contribution in [0, 0.1) is 0 Å². The summed E-state index contributed by atoms with van der Waals surface area (Å²) in [5.41, 5.74) is -0.727. The molecule has 1 amide bonds. The molecule has 0 bridgehead atoms. The van der Waals surface area contributed by atoms with Gasteiger partial charge in [0.15, 0.2) is 0 Å². The van der Waals surface area contributed by atoms with Gasteiger partial charge in [0.1, 0.15) is 5.60 Å². The van der Waals surface area contributed by atoms with Gasteiger partial charge in [-0.3, -0.25) is 4.79 Å². The van der Waals surface area contributed by atoms with Gasteiger partial charge in [-0.25, -0.2) is 13.6 Å². The van der Waals surface area contributed by atoms with Crippen LogP contribution in [-0.4, -0.2) is 40.6 Å². The maximum absolute atomic E-state index is 14.2. The van der Waals surface area contributed by atoms with Gasteiger partial charge in [0, 0.05) is 31.8 Å². The Hall–Kier alpha value is -1.92. The smallest absolute Gasteiger partial charge is 0.410 e. The third-order valence-corrected chi connectivity index (χ3v) is 3.49. The number of ether oxygens (including phenoxy) is 1. The second-order valence-corrected chi connectivity index (χ2v) is 6.48. The molecule has 1 aromatic heterocycles. The molecular formula is C15H20F2N2O3. The van der Waals surface area contributed by atoms with Crippen LogP contribution in [0.4, 0.5) is 13.6 Å². The predicted molar refractivity (Wildman–Crippen MR) is 77.2 cm³/mol. The number of nitrogens with one attached hydrogen (secondary N) is 1. The molecule has 0 saturated carbocycles. The van der Waals surface area contributed by atoms with Crippen molar-refractivity contribution in [3.8, 4) is 0 Å². The minimum Gasteiger partial charge on any atom is -0.444 e. The SMILES string of the molecule is CC(C)(C)OC(=O)N1CCC(F)(F)C(c2ccc(=O)[nH]c2)C1. The molecule has 1 fully saturated rings. The second-order valence-electron chi connectivity index (χ2n) is 6.48. The van der Waals surface area contributed by atoms with Gasteiger partial charge in [-0.2, -0.15) is 0 Å². The number of carbonyl (C=O) groups excluding carboxylic acids is 1. The molecule has 7 heteroatoms. The Kier molecular flexibility index (Phi) is 4.26. The Morgan fingerprint density at radius 3 is 2.64 bits per heavy atom. The largest absolute Gasteiger partial charge is 0.444 e. The van der Waals surface area contributed by atoms with Crippen LogP contribution < -0.4 is 5.56 Å². The zero-order chi connectivity index (χ0) is 16.5. The number of halogens is 2. The van der Waals surface area contributed by atoms with E-state index < -0.39 is 30.0 Å². The zero-order valence-corrected chi connectivity index (χ0v) is 12.9. The first kappa shape index (κ1) is 16.5. The van der Waals surface area contributed by atoms with Gasteiger partial charge < -0.3 is 14.6 Å². The average Bonchev–Trinajstić information content (AvgIpc) is 2.37. The van der Waals surface area contributed by atoms with Crippen molar-refractivity contribution in [3.63, 3.8) is 0 Å². The van der Waals surface area contributed by atoms with E-state index >= 15 is 0 Å². The molecule has 5 nitrogen and oxygen atoms in total. The first-order chi connectivity index (χ1) is 10.1. The molecule has 1 N–H and O–H groups in total. The zero-order valence-electron chi connectivity index (χ0n) is 12.9. The second kappa shape index (κ2) is 5.70. The molecule has 1 aromatic rings. The molecule has 122 valence electrons. The number of carbonyl (C=O) groups is 1. The Bertz CT molecular complexity index is 587. The van der Waals surface area contributed by atoms with Crippen molar-refractivity contribution in [2.75, 3.05) is 13.1 Å². The van der Waals surface area contributed by atoms with E-state index in [1.54, 1.807) is 20.8 Å². The Morgan fingerprint density at radius 1 is 1.41 bits per heavy atom. The molecule has 0 spiro atoms. The monoisotopic (exact) mass is 314 g/mol. The molecule has 0 aromatic carbocycles. The number of likely N-dealkylation sites (tertiary alicyclic amines) is 1. The van der Waals surface area contributed by atoms with Crippen molar-refractivity contribution in [2.24, 2.45) is 0 Å². The molecule has 1 unspecified atom stereocenters. The molecule has 1 aliphatic heterocycles. The molecule has 2 rings (SSSR count). The van der Waals surface area contributed by atoms with Crippen LogP contribution in [0.1, 0.15) is 38.7 Å². The van der Waals surface area contributed by atoms with Crippen LogP contribution in [0.15, 0.2) is 23.1 Å². The summed E-state index contributed by atoms with van der Waals surface area (Å²) in [5, 5.41) is 0. The summed E-state index contributed by atoms with van der Waals surface area (Å²) in [6, 6.07) is 2.58. The minimum atomic E-state index is -2.93. The molecule has 22 heavy (non-hydrogen) atoms. The van der Waals surface area contributed by atoms with Crippen LogP contribution in [0.2, 0.25) is 0 Å². The number of pyridine rings is 1. The summed E-state index contributed by atoms with van der Waals surface area (Å²) in [7, 11) is 0. The number of hydrogen-bond donors (Lipinski definition) is 1. The van der Waals surface area contributed by atoms with Crippen LogP contribution >= 0.6 is 0 Å². The fourth-order valence-electron chi connectivity index (χ4n) is 2.38. The van der Waals surface area contributed by atoms with Crippen molar-refractivity contribution < 1.29 is 18.3 Å². The molecule has 0 aliphatic carbocycles. The summed E-state index contributed by atoms with van der Waals surface area (Å²) in [6.45, 7) is 4.98. The molecule has 2 heterocycles. The van der Waals surface area contributed by atoms with Gasteiger partial charge >= 0.3 is 6.09 Å². The van der Waals surface area contributed by atoms with Gasteiger partial charge in [-0.15, -0.1) is 0 Å². The van der Waals surface area contributed by atoms with E-state index in [1.165, 1.54) is 23.2 Å². The van der Waals surface area contributed by atoms with Gasteiger partial charge in [0.25, 0.3) is 5.92 Å². The van der Waals surface area contributed by atoms with Crippen LogP contribution in [0.3, 0.4) is 0 Å². The molecular weight excluding hydrogens is 294 g/mol. The number of hydrogen-bond acceptors (Lipinski definition) is 3. The number of amides is 1. The molecule has 0 radical (unpaired) electrons. The van der Waals surface area contributed by atoms with E-state index in [0.717, 1.165) is 0 Å². The Labute approximate surface area is 127 Å². The lowest BCUT2D eigenvalue weighted by atomic mass is 9.88. The van der Waals surface area contributed by atoms with Gasteiger partial charge in [-0.1, -0.05) is 6.07 Å². The summed E-state index contributed by atoms with van der Waals surface area (Å²) < 4.78 is 33.6. The molecule has 1 saturated heterocycles. The number of aromatic amines is 1. The quantitative estimate of drug-likeness (QED) is 0.867. The number of aromatic nitrogens is 1. The minimum absolute atomic E-state index is 0.0538. The third-order valence-electron chi connectivity index (χ3n) is 3.49. The first-order valence-corrected chi connectivity index (χ1v) is 7.13. The fourth-order valence-corrected chi connectivity index (χ4v) is 2.38. The maximum atomic E-state index is 14.2. The average molecular weight is 314 g/mol. The van der Waals surface area contributed by atoms with Crippen molar-refractivity contribution >= 4 is 6.09 Å². The standard InChI is InChI=1S/C15H20F2N2O3/c1-14(2,3)22-13(21)19-7-6-15(16,17)11(9-19)10-4-5-12(20)18-8-10/h4-5,8,11H,6-7,9H2,1-3H3,(H,18,20). The Balaban J connectivity index is 2.19. The summed E-state index contributed by atoms with van der Waals surface area (Å²) >= 11 is 0. The highest BCUT2D eigenvalue weighted by Crippen LogP contribution is 2.40. The van der Waals surface area contributed by atoms with Gasteiger partial charge in [0.2, 0.25) is 5.56 Å². The van der Waals surface area contributed by atoms with Crippen molar-refractivity contribution in [3.05, 3.63) is 34.2 Å². The Morgan fingerprint density at radius 2 is 2.09 bits per heavy atom. The summed E-state index contributed by atoms with van der Waals surface area (Å²) in [4.78, 5) is 26.8. The number of nitrogens with zero attached hydrogens (tertiary/aromatic N) is 1. The maximum Gasteiger partial charge on any atom is 0.410 e. The van der Waals surface area contributed by atoms with Gasteiger partial charge in [0.05, 0.1) is 5.92 Å². The van der Waals surface area contributed by atoms with Crippen molar-refractivity contribution in [2.45, 2.75) is 44.6 Å². The lowest BCUT2D eigenvalue weighted by Gasteiger charge is -2.38. The van der Waals surface area contributed by atoms with Gasteiger partial charge in [-0.05, 0) is 26.3 Å². The van der Waals surface area contributed by atoms with E-state index in [9.17, 15) is 18.4 Å². The van der Waals surface area contributed by atoms with Crippen LogP contribution in [-0.2, 0) is 4.74 Å². The summed E-state index contributed by atoms with van der Waals surface area (Å²) in [6.07, 6.45) is 0.243. The van der Waals surface area contributed by atoms with E-state index in [1.807, 2.05) is 0 Å². The van der Waals surface area contributed by atoms with Crippen LogP contribution in [0.25, 0.3) is 0 Å². The van der Waals surface area contributed by atoms with Crippen molar-refractivity contribution in [1.29, 1.82) is 0 Å². The number of rotatable bonds is 1. The van der Waals surface area contributed by atoms with E-state index in [0.29, 0.717) is 5.56 Å². The van der Waals surface area contributed by atoms with E-state index in [4.69, 9.17) is 4.74 Å². The normalized spacial score (nSPS) is 21.5. The predicted octanol–water partition coefficient (Wildman–Crippen LogP) is 2.73. The number of piperidine rings is 1. The lowest BCUT2D eigenvalue weighted by molar-refractivity contribution is -0.0771. The topological polar surface area (TPSA) is 62.4 Å². The highest BCUT2D eigenvalue weighted by Gasteiger charge is 2.46. The third kappa shape index (κ3) is 3.84. The first-order valence-electron chi connectivity index (χ1n) is 7.13. The van der Waals surface area contributed by atoms with E-state index in [-0.39, 0.29) is 18.6 Å². The number of H-pyrrole nitrogens is 1. The van der Waals surface area contributed by atoms with E-state index in [2.05, 4.69) is 4.98 Å².